The van der Waals surface area contributed by atoms with Crippen molar-refractivity contribution in [2.24, 2.45) is 0 Å². The number of nitrogens with zero attached hydrogens (tertiary/aromatic N) is 2. The van der Waals surface area contributed by atoms with Crippen LogP contribution in [0.5, 0.6) is 11.6 Å². The molecule has 0 saturated carbocycles. The van der Waals surface area contributed by atoms with Crippen LogP contribution in [0.25, 0.3) is 11.1 Å². The second-order valence-electron chi connectivity index (χ2n) is 11.0. The third-order valence-electron chi connectivity index (χ3n) is 7.10. The number of aromatic nitrogens is 1. The topological polar surface area (TPSA) is 106 Å². The number of aryl methyl sites for hydroxylation is 1. The van der Waals surface area contributed by atoms with Crippen molar-refractivity contribution in [3.63, 3.8) is 0 Å². The number of carbonyl (C=O) groups is 2. The highest BCUT2D eigenvalue weighted by Gasteiger charge is 2.34. The van der Waals surface area contributed by atoms with E-state index >= 15 is 0 Å². The second kappa shape index (κ2) is 12.5. The Balaban J connectivity index is 1.21. The van der Waals surface area contributed by atoms with Crippen LogP contribution in [0.2, 0.25) is 0 Å². The first-order chi connectivity index (χ1) is 20.1. The predicted molar refractivity (Wildman–Crippen MR) is 155 cm³/mol. The summed E-state index contributed by atoms with van der Waals surface area (Å²) in [6.07, 6.45) is -0.129. The van der Waals surface area contributed by atoms with E-state index in [1.54, 1.807) is 36.2 Å². The van der Waals surface area contributed by atoms with Gasteiger partial charge in [0.15, 0.2) is 5.79 Å². The molecule has 11 heteroatoms. The molecule has 0 N–H and O–H groups in total. The van der Waals surface area contributed by atoms with Gasteiger partial charge in [-0.1, -0.05) is 30.3 Å². The van der Waals surface area contributed by atoms with E-state index in [9.17, 15) is 9.59 Å². The minimum Gasteiger partial charge on any atom is -0.494 e. The van der Waals surface area contributed by atoms with E-state index in [1.807, 2.05) is 45.0 Å². The van der Waals surface area contributed by atoms with E-state index in [2.05, 4.69) is 18.0 Å². The van der Waals surface area contributed by atoms with Crippen LogP contribution < -0.4 is 14.9 Å². The highest BCUT2D eigenvalue weighted by atomic mass is 16.7. The summed E-state index contributed by atoms with van der Waals surface area (Å²) in [5.41, 5.74) is 5.61. The van der Waals surface area contributed by atoms with Gasteiger partial charge in [0.05, 0.1) is 19.7 Å². The molecular formula is C31H35BN2O8. The molecule has 5 rings (SSSR count). The van der Waals surface area contributed by atoms with Crippen LogP contribution in [-0.4, -0.2) is 74.2 Å². The molecule has 42 heavy (non-hydrogen) atoms. The number of pyridine rings is 1. The third-order valence-corrected chi connectivity index (χ3v) is 7.10. The Kier molecular flexibility index (Phi) is 8.81. The fourth-order valence-corrected chi connectivity index (χ4v) is 4.91. The Labute approximate surface area is 246 Å². The van der Waals surface area contributed by atoms with Crippen LogP contribution in [0, 0.1) is 13.8 Å². The molecule has 2 aliphatic rings. The molecular weight excluding hydrogens is 539 g/mol. The van der Waals surface area contributed by atoms with Crippen LogP contribution in [0.3, 0.4) is 0 Å². The molecule has 3 aromatic rings. The minimum atomic E-state index is -1.09. The molecule has 220 valence electrons. The number of carbonyl (C=O) groups excluding carboxylic acids is 2. The zero-order valence-electron chi connectivity index (χ0n) is 24.5. The minimum absolute atomic E-state index is 0.0169. The molecule has 0 radical (unpaired) electrons. The van der Waals surface area contributed by atoms with Crippen molar-refractivity contribution in [2.45, 2.75) is 46.2 Å². The lowest BCUT2D eigenvalue weighted by Crippen LogP contribution is -2.47. The van der Waals surface area contributed by atoms with E-state index in [1.165, 1.54) is 0 Å². The van der Waals surface area contributed by atoms with Gasteiger partial charge in [-0.15, -0.1) is 0 Å². The number of benzene rings is 2. The monoisotopic (exact) mass is 574 g/mol. The Hall–Kier alpha value is -3.93. The van der Waals surface area contributed by atoms with E-state index in [0.717, 1.165) is 27.9 Å². The van der Waals surface area contributed by atoms with Crippen molar-refractivity contribution in [1.29, 1.82) is 0 Å². The number of hydrogen-bond acceptors (Lipinski definition) is 10. The lowest BCUT2D eigenvalue weighted by atomic mass is 9.78. The van der Waals surface area contributed by atoms with Gasteiger partial charge in [0.1, 0.15) is 25.1 Å². The fourth-order valence-electron chi connectivity index (χ4n) is 4.91. The molecule has 1 aromatic heterocycles. The molecule has 2 aromatic carbocycles. The molecule has 0 unspecified atom stereocenters. The third kappa shape index (κ3) is 7.28. The Morgan fingerprint density at radius 2 is 1.67 bits per heavy atom. The first-order valence-corrected chi connectivity index (χ1v) is 13.9. The van der Waals surface area contributed by atoms with Gasteiger partial charge in [0, 0.05) is 22.8 Å². The van der Waals surface area contributed by atoms with Gasteiger partial charge >= 0.3 is 19.1 Å². The van der Waals surface area contributed by atoms with E-state index < -0.39 is 24.8 Å². The normalized spacial score (nSPS) is 19.1. The zero-order valence-corrected chi connectivity index (χ0v) is 24.5. The maximum absolute atomic E-state index is 12.1. The summed E-state index contributed by atoms with van der Waals surface area (Å²) >= 11 is 0. The summed E-state index contributed by atoms with van der Waals surface area (Å²) in [6, 6.07) is 17.0. The van der Waals surface area contributed by atoms with E-state index in [-0.39, 0.29) is 19.2 Å². The van der Waals surface area contributed by atoms with Gasteiger partial charge in [0.25, 0.3) is 0 Å². The SMILES string of the molecule is Cc1nc(OC[C@@H]2COC(C)(C)O2)ccc1-c1cccc(COc2ccc(B3OC(=O)CN(C)CC(=O)O3)cc2)c1C. The summed E-state index contributed by atoms with van der Waals surface area (Å²) in [4.78, 5) is 30.3. The zero-order chi connectivity index (χ0) is 29.9. The smallest absolute Gasteiger partial charge is 0.494 e. The molecule has 0 spiro atoms. The quantitative estimate of drug-likeness (QED) is 0.373. The van der Waals surface area contributed by atoms with Crippen molar-refractivity contribution in [1.82, 2.24) is 9.88 Å². The van der Waals surface area contributed by atoms with E-state index in [0.29, 0.717) is 36.9 Å². The van der Waals surface area contributed by atoms with Crippen molar-refractivity contribution >= 4 is 24.5 Å². The summed E-state index contributed by atoms with van der Waals surface area (Å²) in [7, 11) is 0.568. The van der Waals surface area contributed by atoms with Crippen molar-refractivity contribution in [2.75, 3.05) is 33.4 Å². The van der Waals surface area contributed by atoms with Gasteiger partial charge in [-0.05, 0) is 69.6 Å². The molecule has 0 aliphatic carbocycles. The van der Waals surface area contributed by atoms with Crippen molar-refractivity contribution < 1.29 is 37.8 Å². The van der Waals surface area contributed by atoms with E-state index in [4.69, 9.17) is 28.3 Å². The van der Waals surface area contributed by atoms with Crippen LogP contribution in [0.15, 0.2) is 54.6 Å². The van der Waals surface area contributed by atoms with Crippen LogP contribution in [0.1, 0.15) is 30.7 Å². The molecule has 2 aliphatic heterocycles. The van der Waals surface area contributed by atoms with Gasteiger partial charge in [0.2, 0.25) is 5.88 Å². The van der Waals surface area contributed by atoms with Gasteiger partial charge in [-0.3, -0.25) is 14.5 Å². The lowest BCUT2D eigenvalue weighted by Gasteiger charge is -2.22. The molecule has 1 atom stereocenters. The first kappa shape index (κ1) is 29.6. The van der Waals surface area contributed by atoms with Gasteiger partial charge in [-0.25, -0.2) is 4.98 Å². The summed E-state index contributed by atoms with van der Waals surface area (Å²) in [5.74, 6) is -0.338. The van der Waals surface area contributed by atoms with Gasteiger partial charge in [-0.2, -0.15) is 0 Å². The second-order valence-corrected chi connectivity index (χ2v) is 11.0. The van der Waals surface area contributed by atoms with Crippen molar-refractivity contribution in [3.05, 3.63) is 71.4 Å². The standard InChI is InChI=1S/C31H35BN2O8/c1-20-22(17-37-24-11-9-23(10-12-24)32-41-29(35)15-34(5)16-30(36)42-32)7-6-8-26(20)27-13-14-28(33-21(27)2)38-18-25-19-39-31(3,4)40-25/h6-14,25H,15-19H2,1-5H3/t25-/m1/s1. The largest absolute Gasteiger partial charge is 0.636 e. The molecule has 2 saturated heterocycles. The maximum Gasteiger partial charge on any atom is 0.636 e. The molecule has 10 nitrogen and oxygen atoms in total. The van der Waals surface area contributed by atoms with Crippen LogP contribution in [0.4, 0.5) is 0 Å². The summed E-state index contributed by atoms with van der Waals surface area (Å²) in [5, 5.41) is 0. The molecule has 0 amide bonds. The summed E-state index contributed by atoms with van der Waals surface area (Å²) < 4.78 is 34.0. The summed E-state index contributed by atoms with van der Waals surface area (Å²) in [6.45, 7) is 9.06. The van der Waals surface area contributed by atoms with Gasteiger partial charge < -0.3 is 28.3 Å². The van der Waals surface area contributed by atoms with Crippen LogP contribution >= 0.6 is 0 Å². The number of ether oxygens (including phenoxy) is 4. The number of likely N-dealkylation sites (N-methyl/N-ethyl adjacent to an activating group) is 1. The van der Waals surface area contributed by atoms with Crippen molar-refractivity contribution in [3.8, 4) is 22.8 Å². The fraction of sp³-hybridized carbons (Fsp3) is 0.387. The Bertz CT molecular complexity index is 1430. The Morgan fingerprint density at radius 3 is 2.31 bits per heavy atom. The average Bonchev–Trinajstić information content (AvgIpc) is 3.29. The number of rotatable bonds is 8. The molecule has 2 fully saturated rings. The number of hydrogen-bond donors (Lipinski definition) is 0. The lowest BCUT2D eigenvalue weighted by molar-refractivity contribution is -0.145. The first-order valence-electron chi connectivity index (χ1n) is 13.9. The maximum atomic E-state index is 12.1. The highest BCUT2D eigenvalue weighted by Crippen LogP contribution is 2.30. The average molecular weight is 574 g/mol. The Morgan fingerprint density at radius 1 is 0.952 bits per heavy atom. The molecule has 0 bridgehead atoms. The van der Waals surface area contributed by atoms with Crippen LogP contribution in [-0.2, 0) is 35.0 Å². The predicted octanol–water partition coefficient (Wildman–Crippen LogP) is 3.20. The highest BCUT2D eigenvalue weighted by molar-refractivity contribution is 6.64. The molecule has 3 heterocycles.